The Morgan fingerprint density at radius 2 is 1.75 bits per heavy atom. The van der Waals surface area contributed by atoms with Gasteiger partial charge in [-0.05, 0) is 23.8 Å². The molecule has 0 unspecified atom stereocenters. The summed E-state index contributed by atoms with van der Waals surface area (Å²) >= 11 is 0. The van der Waals surface area contributed by atoms with Gasteiger partial charge in [0.15, 0.2) is 0 Å². The van der Waals surface area contributed by atoms with Crippen LogP contribution in [0.4, 0.5) is 0 Å². The van der Waals surface area contributed by atoms with Crippen molar-refractivity contribution in [3.8, 4) is 5.75 Å². The lowest BCUT2D eigenvalue weighted by atomic mass is 10.0. The fourth-order valence-electron chi connectivity index (χ4n) is 2.32. The topological polar surface area (TPSA) is 18.5 Å². The van der Waals surface area contributed by atoms with Crippen LogP contribution in [0.15, 0.2) is 66.4 Å². The van der Waals surface area contributed by atoms with Crippen molar-refractivity contribution in [2.24, 2.45) is 0 Å². The van der Waals surface area contributed by atoms with Crippen molar-refractivity contribution < 1.29 is 9.47 Å². The third-order valence-corrected chi connectivity index (χ3v) is 3.30. The molecule has 20 heavy (non-hydrogen) atoms. The molecule has 1 aliphatic rings. The number of hydrogen-bond donors (Lipinski definition) is 0. The third-order valence-electron chi connectivity index (χ3n) is 3.30. The number of para-hydroxylation sites is 1. The van der Waals surface area contributed by atoms with Crippen LogP contribution in [-0.2, 0) is 4.74 Å². The molecule has 0 spiro atoms. The van der Waals surface area contributed by atoms with Crippen LogP contribution in [-0.4, -0.2) is 13.7 Å². The minimum Gasteiger partial charge on any atom is -0.496 e. The van der Waals surface area contributed by atoms with Crippen LogP contribution < -0.4 is 4.74 Å². The Morgan fingerprint density at radius 1 is 1.00 bits per heavy atom. The fraction of sp³-hybridized carbons (Fsp3) is 0.111. The summed E-state index contributed by atoms with van der Waals surface area (Å²) in [6.45, 7) is 0.616. The number of allylic oxidation sites excluding steroid dienone is 1. The monoisotopic (exact) mass is 264 g/mol. The molecular weight excluding hydrogens is 248 g/mol. The van der Waals surface area contributed by atoms with Gasteiger partial charge in [-0.3, -0.25) is 0 Å². The van der Waals surface area contributed by atoms with E-state index < -0.39 is 0 Å². The fourth-order valence-corrected chi connectivity index (χ4v) is 2.32. The molecule has 2 aromatic rings. The van der Waals surface area contributed by atoms with E-state index in [1.165, 1.54) is 5.56 Å². The van der Waals surface area contributed by atoms with E-state index in [1.807, 2.05) is 48.5 Å². The van der Waals surface area contributed by atoms with Gasteiger partial charge >= 0.3 is 0 Å². The summed E-state index contributed by atoms with van der Waals surface area (Å²) in [5.74, 6) is 1.74. The predicted molar refractivity (Wildman–Crippen MR) is 81.3 cm³/mol. The molecule has 0 atom stereocenters. The van der Waals surface area contributed by atoms with E-state index in [4.69, 9.17) is 9.47 Å². The lowest BCUT2D eigenvalue weighted by Gasteiger charge is -2.08. The molecule has 0 fully saturated rings. The van der Waals surface area contributed by atoms with Gasteiger partial charge in [0.1, 0.15) is 18.1 Å². The Hall–Kier alpha value is -2.48. The van der Waals surface area contributed by atoms with E-state index in [9.17, 15) is 0 Å². The van der Waals surface area contributed by atoms with E-state index in [0.717, 1.165) is 22.6 Å². The second kappa shape index (κ2) is 5.66. The molecular formula is C18H16O2. The van der Waals surface area contributed by atoms with Crippen LogP contribution in [0, 0.1) is 0 Å². The second-order valence-corrected chi connectivity index (χ2v) is 4.55. The summed E-state index contributed by atoms with van der Waals surface area (Å²) in [6, 6.07) is 18.2. The van der Waals surface area contributed by atoms with Gasteiger partial charge in [0.25, 0.3) is 0 Å². The molecule has 1 heterocycles. The SMILES string of the molecule is COc1ccccc1C=C1OCC=C1c1ccccc1. The van der Waals surface area contributed by atoms with Crippen molar-refractivity contribution in [1.82, 2.24) is 0 Å². The first-order valence-corrected chi connectivity index (χ1v) is 6.62. The predicted octanol–water partition coefficient (Wildman–Crippen LogP) is 4.15. The summed E-state index contributed by atoms with van der Waals surface area (Å²) < 4.78 is 11.1. The molecule has 0 aromatic heterocycles. The van der Waals surface area contributed by atoms with Crippen molar-refractivity contribution in [3.05, 3.63) is 77.6 Å². The largest absolute Gasteiger partial charge is 0.496 e. The molecule has 0 radical (unpaired) electrons. The minimum atomic E-state index is 0.616. The molecule has 2 nitrogen and oxygen atoms in total. The number of ether oxygens (including phenoxy) is 2. The van der Waals surface area contributed by atoms with Crippen molar-refractivity contribution in [3.63, 3.8) is 0 Å². The van der Waals surface area contributed by atoms with Crippen molar-refractivity contribution in [2.75, 3.05) is 13.7 Å². The average Bonchev–Trinajstić information content (AvgIpc) is 2.97. The van der Waals surface area contributed by atoms with Crippen molar-refractivity contribution >= 4 is 11.6 Å². The highest BCUT2D eigenvalue weighted by molar-refractivity contribution is 5.84. The maximum Gasteiger partial charge on any atom is 0.128 e. The summed E-state index contributed by atoms with van der Waals surface area (Å²) in [5.41, 5.74) is 3.33. The molecule has 0 N–H and O–H groups in total. The maximum atomic E-state index is 5.74. The number of methoxy groups -OCH3 is 1. The van der Waals surface area contributed by atoms with Gasteiger partial charge in [0.05, 0.1) is 7.11 Å². The molecule has 0 saturated carbocycles. The van der Waals surface area contributed by atoms with Crippen molar-refractivity contribution in [1.29, 1.82) is 0 Å². The Kier molecular flexibility index (Phi) is 3.55. The van der Waals surface area contributed by atoms with Gasteiger partial charge in [-0.15, -0.1) is 0 Å². The quantitative estimate of drug-likeness (QED) is 0.829. The molecule has 2 heteroatoms. The van der Waals surface area contributed by atoms with Gasteiger partial charge in [-0.2, -0.15) is 0 Å². The standard InChI is InChI=1S/C18H16O2/c1-19-17-10-6-5-9-15(17)13-18-16(11-12-20-18)14-7-3-2-4-8-14/h2-11,13H,12H2,1H3. The van der Waals surface area contributed by atoms with E-state index >= 15 is 0 Å². The molecule has 3 rings (SSSR count). The highest BCUT2D eigenvalue weighted by Gasteiger charge is 2.15. The Balaban J connectivity index is 1.98. The first-order valence-electron chi connectivity index (χ1n) is 6.62. The Morgan fingerprint density at radius 3 is 2.55 bits per heavy atom. The zero-order chi connectivity index (χ0) is 13.8. The smallest absolute Gasteiger partial charge is 0.128 e. The van der Waals surface area contributed by atoms with Crippen molar-refractivity contribution in [2.45, 2.75) is 0 Å². The van der Waals surface area contributed by atoms with Gasteiger partial charge in [-0.1, -0.05) is 48.5 Å². The zero-order valence-electron chi connectivity index (χ0n) is 11.4. The van der Waals surface area contributed by atoms with Crippen LogP contribution in [0.25, 0.3) is 11.6 Å². The summed E-state index contributed by atoms with van der Waals surface area (Å²) in [7, 11) is 1.68. The first-order chi connectivity index (χ1) is 9.88. The van der Waals surface area contributed by atoms with Crippen LogP contribution in [0.1, 0.15) is 11.1 Å². The third kappa shape index (κ3) is 2.45. The minimum absolute atomic E-state index is 0.616. The Bertz CT molecular complexity index is 654. The Labute approximate surface area is 119 Å². The van der Waals surface area contributed by atoms with Gasteiger partial charge < -0.3 is 9.47 Å². The molecule has 1 aliphatic heterocycles. The number of benzene rings is 2. The van der Waals surface area contributed by atoms with E-state index in [1.54, 1.807) is 7.11 Å². The molecule has 0 aliphatic carbocycles. The average molecular weight is 264 g/mol. The first kappa shape index (κ1) is 12.5. The molecule has 0 amide bonds. The summed E-state index contributed by atoms with van der Waals surface area (Å²) in [5, 5.41) is 0. The number of hydrogen-bond acceptors (Lipinski definition) is 2. The molecule has 100 valence electrons. The van der Waals surface area contributed by atoms with E-state index in [2.05, 4.69) is 18.2 Å². The normalized spacial score (nSPS) is 15.8. The highest BCUT2D eigenvalue weighted by Crippen LogP contribution is 2.32. The van der Waals surface area contributed by atoms with Crippen LogP contribution in [0.5, 0.6) is 5.75 Å². The highest BCUT2D eigenvalue weighted by atomic mass is 16.5. The van der Waals surface area contributed by atoms with Crippen LogP contribution in [0.2, 0.25) is 0 Å². The van der Waals surface area contributed by atoms with Crippen LogP contribution in [0.3, 0.4) is 0 Å². The maximum absolute atomic E-state index is 5.74. The summed E-state index contributed by atoms with van der Waals surface area (Å²) in [4.78, 5) is 0. The van der Waals surface area contributed by atoms with Crippen LogP contribution >= 0.6 is 0 Å². The van der Waals surface area contributed by atoms with Gasteiger partial charge in [0, 0.05) is 11.1 Å². The zero-order valence-corrected chi connectivity index (χ0v) is 11.4. The van der Waals surface area contributed by atoms with E-state index in [-0.39, 0.29) is 0 Å². The lowest BCUT2D eigenvalue weighted by molar-refractivity contribution is 0.284. The summed E-state index contributed by atoms with van der Waals surface area (Å²) in [6.07, 6.45) is 4.14. The van der Waals surface area contributed by atoms with Gasteiger partial charge in [-0.25, -0.2) is 0 Å². The molecule has 2 aromatic carbocycles. The molecule has 0 bridgehead atoms. The lowest BCUT2D eigenvalue weighted by Crippen LogP contribution is -1.90. The van der Waals surface area contributed by atoms with Gasteiger partial charge in [0.2, 0.25) is 0 Å². The second-order valence-electron chi connectivity index (χ2n) is 4.55. The van der Waals surface area contributed by atoms with E-state index in [0.29, 0.717) is 6.61 Å². The molecule has 0 saturated heterocycles. The number of rotatable bonds is 3.